The van der Waals surface area contributed by atoms with Crippen LogP contribution in [0.3, 0.4) is 0 Å². The van der Waals surface area contributed by atoms with Gasteiger partial charge in [-0.1, -0.05) is 13.8 Å². The molecule has 1 aliphatic carbocycles. The molecule has 0 heterocycles. The van der Waals surface area contributed by atoms with Crippen LogP contribution in [0.5, 0.6) is 0 Å². The van der Waals surface area contributed by atoms with Crippen LogP contribution in [0.15, 0.2) is 0 Å². The normalized spacial score (nSPS) is 31.8. The average molecular weight is 244 g/mol. The molecule has 0 aromatic heterocycles. The van der Waals surface area contributed by atoms with Gasteiger partial charge >= 0.3 is 5.97 Å². The summed E-state index contributed by atoms with van der Waals surface area (Å²) in [5.74, 6) is -0.905. The lowest BCUT2D eigenvalue weighted by Crippen LogP contribution is -2.51. The smallest absolute Gasteiger partial charge is 0.336 e. The van der Waals surface area contributed by atoms with Gasteiger partial charge in [0.1, 0.15) is 0 Å². The highest BCUT2D eigenvalue weighted by Gasteiger charge is 2.48. The maximum atomic E-state index is 11.5. The molecule has 17 heavy (non-hydrogen) atoms. The number of aliphatic hydroxyl groups excluding tert-OH is 1. The monoisotopic (exact) mass is 244 g/mol. The van der Waals surface area contributed by atoms with E-state index in [0.29, 0.717) is 12.8 Å². The van der Waals surface area contributed by atoms with Gasteiger partial charge in [-0.2, -0.15) is 0 Å². The Morgan fingerprint density at radius 1 is 1.29 bits per heavy atom. The van der Waals surface area contributed by atoms with Gasteiger partial charge in [0.05, 0.1) is 12.2 Å². The van der Waals surface area contributed by atoms with Crippen LogP contribution in [0.4, 0.5) is 0 Å². The second-order valence-electron chi connectivity index (χ2n) is 6.06. The molecule has 1 aliphatic rings. The highest BCUT2D eigenvalue weighted by molar-refractivity contribution is 5.77. The highest BCUT2D eigenvalue weighted by atomic mass is 16.5. The van der Waals surface area contributed by atoms with Crippen molar-refractivity contribution in [2.45, 2.75) is 71.2 Å². The Labute approximate surface area is 103 Å². The highest BCUT2D eigenvalue weighted by Crippen LogP contribution is 2.43. The summed E-state index contributed by atoms with van der Waals surface area (Å²) >= 11 is 0. The fraction of sp³-hybridized carbons (Fsp3) is 0.923. The Kier molecular flexibility index (Phi) is 4.20. The van der Waals surface area contributed by atoms with E-state index in [1.165, 1.54) is 0 Å². The zero-order valence-electron chi connectivity index (χ0n) is 11.2. The minimum absolute atomic E-state index is 0.0188. The van der Waals surface area contributed by atoms with Crippen molar-refractivity contribution in [1.82, 2.24) is 0 Å². The summed E-state index contributed by atoms with van der Waals surface area (Å²) in [6.07, 6.45) is 1.80. The molecule has 0 saturated heterocycles. The van der Waals surface area contributed by atoms with E-state index in [0.717, 1.165) is 12.8 Å². The largest absolute Gasteiger partial charge is 0.479 e. The molecule has 4 heteroatoms. The Hall–Kier alpha value is -0.610. The van der Waals surface area contributed by atoms with Gasteiger partial charge in [-0.3, -0.25) is 0 Å². The lowest BCUT2D eigenvalue weighted by Gasteiger charge is -2.43. The maximum Gasteiger partial charge on any atom is 0.336 e. The van der Waals surface area contributed by atoms with Gasteiger partial charge in [-0.25, -0.2) is 4.79 Å². The van der Waals surface area contributed by atoms with Crippen molar-refractivity contribution in [3.05, 3.63) is 0 Å². The van der Waals surface area contributed by atoms with Crippen LogP contribution in [0.2, 0.25) is 0 Å². The molecule has 3 unspecified atom stereocenters. The number of carboxylic acid groups (broad SMARTS) is 1. The molecular formula is C13H24O4. The van der Waals surface area contributed by atoms with E-state index in [-0.39, 0.29) is 5.41 Å². The van der Waals surface area contributed by atoms with Crippen LogP contribution >= 0.6 is 0 Å². The minimum atomic E-state index is -1.13. The summed E-state index contributed by atoms with van der Waals surface area (Å²) < 4.78 is 5.69. The van der Waals surface area contributed by atoms with Gasteiger partial charge in [0.15, 0.2) is 5.60 Å². The number of aliphatic carboxylic acids is 1. The molecule has 1 fully saturated rings. The van der Waals surface area contributed by atoms with Crippen molar-refractivity contribution in [3.8, 4) is 0 Å². The van der Waals surface area contributed by atoms with Crippen molar-refractivity contribution < 1.29 is 19.7 Å². The predicted molar refractivity (Wildman–Crippen MR) is 64.8 cm³/mol. The second kappa shape index (κ2) is 4.94. The number of rotatable bonds is 4. The lowest BCUT2D eigenvalue weighted by atomic mass is 9.69. The summed E-state index contributed by atoms with van der Waals surface area (Å²) in [7, 11) is 0. The zero-order chi connectivity index (χ0) is 13.3. The molecule has 1 rings (SSSR count). The SMILES string of the molecule is CC(O)C(C)OC1(C(=O)O)CCCC(C)(C)C1. The first-order chi connectivity index (χ1) is 7.68. The van der Waals surface area contributed by atoms with E-state index < -0.39 is 23.8 Å². The van der Waals surface area contributed by atoms with Gasteiger partial charge in [0.25, 0.3) is 0 Å². The number of aliphatic hydroxyl groups is 1. The van der Waals surface area contributed by atoms with Crippen molar-refractivity contribution in [2.75, 3.05) is 0 Å². The van der Waals surface area contributed by atoms with Crippen LogP contribution < -0.4 is 0 Å². The average Bonchev–Trinajstić information content (AvgIpc) is 2.15. The third-order valence-electron chi connectivity index (χ3n) is 3.68. The van der Waals surface area contributed by atoms with Crippen molar-refractivity contribution in [1.29, 1.82) is 0 Å². The van der Waals surface area contributed by atoms with Crippen molar-refractivity contribution in [2.24, 2.45) is 5.41 Å². The van der Waals surface area contributed by atoms with Gasteiger partial charge < -0.3 is 14.9 Å². The summed E-state index contributed by atoms with van der Waals surface area (Å²) in [5, 5.41) is 18.9. The predicted octanol–water partition coefficient (Wildman–Crippen LogP) is 2.20. The third-order valence-corrected chi connectivity index (χ3v) is 3.68. The molecule has 0 radical (unpaired) electrons. The summed E-state index contributed by atoms with van der Waals surface area (Å²) in [6, 6.07) is 0. The first-order valence-corrected chi connectivity index (χ1v) is 6.28. The Morgan fingerprint density at radius 3 is 2.29 bits per heavy atom. The topological polar surface area (TPSA) is 66.8 Å². The first-order valence-electron chi connectivity index (χ1n) is 6.28. The molecule has 0 aliphatic heterocycles. The quantitative estimate of drug-likeness (QED) is 0.795. The molecule has 0 bridgehead atoms. The van der Waals surface area contributed by atoms with Crippen LogP contribution in [0, 0.1) is 5.41 Å². The Morgan fingerprint density at radius 2 is 1.88 bits per heavy atom. The van der Waals surface area contributed by atoms with E-state index in [1.54, 1.807) is 13.8 Å². The Bertz CT molecular complexity index is 285. The van der Waals surface area contributed by atoms with E-state index in [4.69, 9.17) is 4.74 Å². The molecule has 0 aromatic carbocycles. The van der Waals surface area contributed by atoms with E-state index in [2.05, 4.69) is 13.8 Å². The standard InChI is InChI=1S/C13H24O4/c1-9(14)10(2)17-13(11(15)16)7-5-6-12(3,4)8-13/h9-10,14H,5-8H2,1-4H3,(H,15,16). The molecular weight excluding hydrogens is 220 g/mol. The van der Waals surface area contributed by atoms with Gasteiger partial charge in [0.2, 0.25) is 0 Å². The maximum absolute atomic E-state index is 11.5. The van der Waals surface area contributed by atoms with Gasteiger partial charge in [-0.15, -0.1) is 0 Å². The number of carbonyl (C=O) groups is 1. The molecule has 0 spiro atoms. The van der Waals surface area contributed by atoms with Crippen LogP contribution in [0.1, 0.15) is 53.4 Å². The first kappa shape index (κ1) is 14.5. The van der Waals surface area contributed by atoms with Gasteiger partial charge in [-0.05, 0) is 44.9 Å². The fourth-order valence-corrected chi connectivity index (χ4v) is 2.59. The molecule has 3 atom stereocenters. The summed E-state index contributed by atoms with van der Waals surface area (Å²) in [6.45, 7) is 7.48. The van der Waals surface area contributed by atoms with E-state index in [1.807, 2.05) is 0 Å². The van der Waals surface area contributed by atoms with Crippen LogP contribution in [0.25, 0.3) is 0 Å². The van der Waals surface area contributed by atoms with Crippen molar-refractivity contribution >= 4 is 5.97 Å². The van der Waals surface area contributed by atoms with Crippen LogP contribution in [-0.2, 0) is 9.53 Å². The van der Waals surface area contributed by atoms with Gasteiger partial charge in [0, 0.05) is 0 Å². The molecule has 4 nitrogen and oxygen atoms in total. The van der Waals surface area contributed by atoms with E-state index >= 15 is 0 Å². The summed E-state index contributed by atoms with van der Waals surface area (Å²) in [4.78, 5) is 11.5. The molecule has 0 amide bonds. The van der Waals surface area contributed by atoms with E-state index in [9.17, 15) is 15.0 Å². The molecule has 1 saturated carbocycles. The number of hydrogen-bond donors (Lipinski definition) is 2. The molecule has 100 valence electrons. The lowest BCUT2D eigenvalue weighted by molar-refractivity contribution is -0.193. The third kappa shape index (κ3) is 3.42. The zero-order valence-corrected chi connectivity index (χ0v) is 11.2. The number of ether oxygens (including phenoxy) is 1. The number of hydrogen-bond acceptors (Lipinski definition) is 3. The Balaban J connectivity index is 2.86. The second-order valence-corrected chi connectivity index (χ2v) is 6.06. The molecule has 2 N–H and O–H groups in total. The van der Waals surface area contributed by atoms with Crippen molar-refractivity contribution in [3.63, 3.8) is 0 Å². The minimum Gasteiger partial charge on any atom is -0.479 e. The number of carboxylic acids is 1. The fourth-order valence-electron chi connectivity index (χ4n) is 2.59. The molecule has 0 aromatic rings. The summed E-state index contributed by atoms with van der Waals surface area (Å²) in [5.41, 5.74) is -1.15. The van der Waals surface area contributed by atoms with Crippen LogP contribution in [-0.4, -0.2) is 34.0 Å².